The molecule has 0 aliphatic heterocycles. The van der Waals surface area contributed by atoms with Crippen molar-refractivity contribution < 1.29 is 13.7 Å². The van der Waals surface area contributed by atoms with Gasteiger partial charge in [-0.3, -0.25) is 0 Å². The summed E-state index contributed by atoms with van der Waals surface area (Å²) >= 11 is 0. The average molecular weight is 378 g/mol. The first-order chi connectivity index (χ1) is 13.8. The first-order valence-electron chi connectivity index (χ1n) is 9.03. The Kier molecular flexibility index (Phi) is 5.42. The van der Waals surface area contributed by atoms with Crippen LogP contribution in [0, 0.1) is 5.82 Å². The van der Waals surface area contributed by atoms with Crippen LogP contribution in [0.5, 0.6) is 5.75 Å². The van der Waals surface area contributed by atoms with E-state index in [2.05, 4.69) is 15.1 Å². The lowest BCUT2D eigenvalue weighted by molar-refractivity contribution is 0.290. The quantitative estimate of drug-likeness (QED) is 0.458. The van der Waals surface area contributed by atoms with Crippen LogP contribution in [-0.4, -0.2) is 19.7 Å². The van der Waals surface area contributed by atoms with E-state index in [1.54, 1.807) is 30.7 Å². The van der Waals surface area contributed by atoms with Crippen molar-refractivity contribution >= 4 is 0 Å². The number of ether oxygens (including phenoxy) is 1. The molecule has 0 saturated heterocycles. The summed E-state index contributed by atoms with van der Waals surface area (Å²) in [4.78, 5) is 8.47. The minimum atomic E-state index is -0.369. The molecule has 0 aliphatic carbocycles. The van der Waals surface area contributed by atoms with Crippen LogP contribution in [0.25, 0.3) is 11.4 Å². The van der Waals surface area contributed by atoms with Crippen LogP contribution in [0.3, 0.4) is 0 Å². The van der Waals surface area contributed by atoms with Gasteiger partial charge in [-0.25, -0.2) is 9.37 Å². The van der Waals surface area contributed by atoms with Crippen LogP contribution in [0.2, 0.25) is 0 Å². The fourth-order valence-electron chi connectivity index (χ4n) is 2.78. The molecule has 0 amide bonds. The number of hydrogen-bond acceptors (Lipinski definition) is 5. The summed E-state index contributed by atoms with van der Waals surface area (Å²) in [5, 5.41) is 4.05. The van der Waals surface area contributed by atoms with E-state index >= 15 is 0 Å². The molecule has 0 unspecified atom stereocenters. The predicted molar refractivity (Wildman–Crippen MR) is 101 cm³/mol. The SMILES string of the molecule is Fc1ccccc1OCc1ccc(-c2noc(CCCn3ccnc3)n2)cc1. The Morgan fingerprint density at radius 2 is 1.93 bits per heavy atom. The summed E-state index contributed by atoms with van der Waals surface area (Å²) < 4.78 is 26.5. The van der Waals surface area contributed by atoms with Gasteiger partial charge in [0.2, 0.25) is 11.7 Å². The van der Waals surface area contributed by atoms with Crippen molar-refractivity contribution in [2.24, 2.45) is 0 Å². The Bertz CT molecular complexity index is 1010. The Morgan fingerprint density at radius 1 is 1.07 bits per heavy atom. The maximum atomic E-state index is 13.6. The zero-order valence-corrected chi connectivity index (χ0v) is 15.2. The number of rotatable bonds is 8. The van der Waals surface area contributed by atoms with Gasteiger partial charge in [-0.2, -0.15) is 4.98 Å². The van der Waals surface area contributed by atoms with Crippen LogP contribution in [0.4, 0.5) is 4.39 Å². The molecule has 6 nitrogen and oxygen atoms in total. The number of imidazole rings is 1. The maximum absolute atomic E-state index is 13.6. The van der Waals surface area contributed by atoms with Gasteiger partial charge in [-0.15, -0.1) is 0 Å². The molecular formula is C21H19FN4O2. The first kappa shape index (κ1) is 17.9. The third-order valence-electron chi connectivity index (χ3n) is 4.28. The van der Waals surface area contributed by atoms with E-state index in [-0.39, 0.29) is 18.2 Å². The lowest BCUT2D eigenvalue weighted by atomic mass is 10.1. The highest BCUT2D eigenvalue weighted by Crippen LogP contribution is 2.20. The highest BCUT2D eigenvalue weighted by Gasteiger charge is 2.09. The summed E-state index contributed by atoms with van der Waals surface area (Å²) in [6, 6.07) is 14.0. The summed E-state index contributed by atoms with van der Waals surface area (Å²) in [5.41, 5.74) is 1.79. The number of nitrogens with zero attached hydrogens (tertiary/aromatic N) is 4. The normalized spacial score (nSPS) is 10.9. The van der Waals surface area contributed by atoms with E-state index < -0.39 is 0 Å². The largest absolute Gasteiger partial charge is 0.486 e. The van der Waals surface area contributed by atoms with E-state index in [9.17, 15) is 4.39 Å². The van der Waals surface area contributed by atoms with Gasteiger partial charge in [0.15, 0.2) is 11.6 Å². The Labute approximate surface area is 161 Å². The third-order valence-corrected chi connectivity index (χ3v) is 4.28. The van der Waals surface area contributed by atoms with Gasteiger partial charge in [0.05, 0.1) is 6.33 Å². The summed E-state index contributed by atoms with van der Waals surface area (Å²) in [5.74, 6) is 1.04. The van der Waals surface area contributed by atoms with Crippen molar-refractivity contribution in [2.75, 3.05) is 0 Å². The van der Waals surface area contributed by atoms with Gasteiger partial charge >= 0.3 is 0 Å². The summed E-state index contributed by atoms with van der Waals surface area (Å²) in [6.07, 6.45) is 7.08. The first-order valence-corrected chi connectivity index (χ1v) is 9.03. The van der Waals surface area contributed by atoms with Crippen molar-refractivity contribution in [2.45, 2.75) is 26.0 Å². The minimum absolute atomic E-state index is 0.241. The molecule has 2 aromatic heterocycles. The molecule has 4 rings (SSSR count). The van der Waals surface area contributed by atoms with E-state index in [0.29, 0.717) is 18.1 Å². The topological polar surface area (TPSA) is 66.0 Å². The van der Waals surface area contributed by atoms with Gasteiger partial charge in [0.25, 0.3) is 0 Å². The number of aromatic nitrogens is 4. The van der Waals surface area contributed by atoms with Gasteiger partial charge in [-0.1, -0.05) is 41.6 Å². The number of benzene rings is 2. The predicted octanol–water partition coefficient (Wildman–Crippen LogP) is 4.28. The molecule has 28 heavy (non-hydrogen) atoms. The number of aryl methyl sites for hydroxylation is 2. The Hall–Kier alpha value is -3.48. The lowest BCUT2D eigenvalue weighted by Gasteiger charge is -2.07. The standard InChI is InChI=1S/C21H19FN4O2/c22-18-4-1-2-5-19(18)27-14-16-7-9-17(10-8-16)21-24-20(28-25-21)6-3-12-26-13-11-23-15-26/h1-2,4-5,7-11,13,15H,3,6,12,14H2. The molecule has 7 heteroatoms. The fraction of sp³-hybridized carbons (Fsp3) is 0.190. The van der Waals surface area contributed by atoms with E-state index in [1.807, 2.05) is 35.0 Å². The van der Waals surface area contributed by atoms with Gasteiger partial charge in [0, 0.05) is 30.9 Å². The number of hydrogen-bond donors (Lipinski definition) is 0. The average Bonchev–Trinajstić information content (AvgIpc) is 3.40. The molecule has 0 saturated carbocycles. The van der Waals surface area contributed by atoms with Crippen LogP contribution < -0.4 is 4.74 Å². The molecule has 4 aromatic rings. The van der Waals surface area contributed by atoms with E-state index in [1.165, 1.54) is 6.07 Å². The second-order valence-electron chi connectivity index (χ2n) is 6.33. The number of para-hydroxylation sites is 1. The van der Waals surface area contributed by atoms with Crippen molar-refractivity contribution in [1.29, 1.82) is 0 Å². The van der Waals surface area contributed by atoms with Crippen molar-refractivity contribution in [1.82, 2.24) is 19.7 Å². The van der Waals surface area contributed by atoms with Crippen LogP contribution >= 0.6 is 0 Å². The van der Waals surface area contributed by atoms with Gasteiger partial charge in [0.1, 0.15) is 6.61 Å². The van der Waals surface area contributed by atoms with Crippen LogP contribution in [0.15, 0.2) is 71.8 Å². The van der Waals surface area contributed by atoms with Crippen LogP contribution in [0.1, 0.15) is 17.9 Å². The smallest absolute Gasteiger partial charge is 0.227 e. The molecule has 0 fully saturated rings. The van der Waals surface area contributed by atoms with Gasteiger partial charge < -0.3 is 13.8 Å². The highest BCUT2D eigenvalue weighted by molar-refractivity contribution is 5.54. The zero-order chi connectivity index (χ0) is 19.2. The Morgan fingerprint density at radius 3 is 2.71 bits per heavy atom. The van der Waals surface area contributed by atoms with Gasteiger partial charge in [-0.05, 0) is 24.1 Å². The van der Waals surface area contributed by atoms with Crippen molar-refractivity contribution in [3.63, 3.8) is 0 Å². The summed E-state index contributed by atoms with van der Waals surface area (Å²) in [6.45, 7) is 1.14. The van der Waals surface area contributed by atoms with E-state index in [4.69, 9.17) is 9.26 Å². The number of halogens is 1. The van der Waals surface area contributed by atoms with Crippen LogP contribution in [-0.2, 0) is 19.6 Å². The lowest BCUT2D eigenvalue weighted by Crippen LogP contribution is -1.97. The zero-order valence-electron chi connectivity index (χ0n) is 15.2. The minimum Gasteiger partial charge on any atom is -0.486 e. The third kappa shape index (κ3) is 4.43. The molecular weight excluding hydrogens is 359 g/mol. The molecule has 0 radical (unpaired) electrons. The Balaban J connectivity index is 1.32. The van der Waals surface area contributed by atoms with E-state index in [0.717, 1.165) is 24.1 Å². The monoisotopic (exact) mass is 378 g/mol. The fourth-order valence-corrected chi connectivity index (χ4v) is 2.78. The summed E-state index contributed by atoms with van der Waals surface area (Å²) in [7, 11) is 0. The maximum Gasteiger partial charge on any atom is 0.227 e. The highest BCUT2D eigenvalue weighted by atomic mass is 19.1. The second-order valence-corrected chi connectivity index (χ2v) is 6.33. The van der Waals surface area contributed by atoms with Crippen molar-refractivity contribution in [3.05, 3.63) is 84.5 Å². The molecule has 0 atom stereocenters. The molecule has 0 bridgehead atoms. The molecule has 142 valence electrons. The molecule has 2 heterocycles. The molecule has 0 N–H and O–H groups in total. The van der Waals surface area contributed by atoms with Crippen molar-refractivity contribution in [3.8, 4) is 17.1 Å². The second kappa shape index (κ2) is 8.47. The molecule has 0 spiro atoms. The molecule has 2 aromatic carbocycles. The molecule has 0 aliphatic rings.